The Bertz CT molecular complexity index is 1280. The number of methoxy groups -OCH3 is 1. The second-order valence-electron chi connectivity index (χ2n) is 8.65. The lowest BCUT2D eigenvalue weighted by atomic mass is 9.88. The van der Waals surface area contributed by atoms with E-state index in [1.54, 1.807) is 0 Å². The van der Waals surface area contributed by atoms with Gasteiger partial charge in [-0.1, -0.05) is 29.8 Å². The fraction of sp³-hybridized carbons (Fsp3) is 0.320. The quantitative estimate of drug-likeness (QED) is 0.617. The smallest absolute Gasteiger partial charge is 0.311 e. The monoisotopic (exact) mass is 449 g/mol. The van der Waals surface area contributed by atoms with E-state index in [0.29, 0.717) is 36.5 Å². The van der Waals surface area contributed by atoms with Crippen molar-refractivity contribution in [1.82, 2.24) is 9.88 Å². The number of hydrogen-bond acceptors (Lipinski definition) is 6. The van der Waals surface area contributed by atoms with Crippen molar-refractivity contribution < 1.29 is 23.5 Å². The van der Waals surface area contributed by atoms with Crippen LogP contribution in [0.1, 0.15) is 38.5 Å². The highest BCUT2D eigenvalue weighted by molar-refractivity contribution is 6.00. The molecule has 3 heterocycles. The Kier molecular flexibility index (Phi) is 5.25. The number of benzene rings is 2. The number of anilines is 1. The zero-order valence-electron chi connectivity index (χ0n) is 18.4. The summed E-state index contributed by atoms with van der Waals surface area (Å²) in [7, 11) is 1.34. The van der Waals surface area contributed by atoms with Crippen molar-refractivity contribution in [2.24, 2.45) is 5.92 Å². The van der Waals surface area contributed by atoms with Crippen molar-refractivity contribution in [1.29, 1.82) is 0 Å². The Hall–Kier alpha value is -3.52. The first kappa shape index (κ1) is 21.3. The number of esters is 1. The number of aromatic nitrogens is 1. The Labute approximate surface area is 190 Å². The maximum atomic E-state index is 15.0. The lowest BCUT2D eigenvalue weighted by Gasteiger charge is -2.18. The molecular weight excluding hydrogens is 425 g/mol. The van der Waals surface area contributed by atoms with E-state index in [9.17, 15) is 9.59 Å². The molecular formula is C25H24FN3O4. The van der Waals surface area contributed by atoms with E-state index in [1.807, 2.05) is 31.2 Å². The first-order valence-corrected chi connectivity index (χ1v) is 10.8. The van der Waals surface area contributed by atoms with Gasteiger partial charge in [0.15, 0.2) is 0 Å². The molecule has 0 radical (unpaired) electrons. The lowest BCUT2D eigenvalue weighted by molar-refractivity contribution is -0.145. The largest absolute Gasteiger partial charge is 0.469 e. The molecule has 0 aliphatic carbocycles. The number of nitrogen functional groups attached to an aromatic ring is 1. The molecule has 1 saturated heterocycles. The fourth-order valence-corrected chi connectivity index (χ4v) is 4.84. The molecule has 33 heavy (non-hydrogen) atoms. The second-order valence-corrected chi connectivity index (χ2v) is 8.65. The van der Waals surface area contributed by atoms with Gasteiger partial charge in [0.1, 0.15) is 11.6 Å². The van der Waals surface area contributed by atoms with Crippen LogP contribution in [0.15, 0.2) is 36.4 Å². The predicted molar refractivity (Wildman–Crippen MR) is 120 cm³/mol. The number of likely N-dealkylation sites (tertiary alicyclic amines) is 1. The Morgan fingerprint density at radius 1 is 1.15 bits per heavy atom. The number of rotatable bonds is 3. The summed E-state index contributed by atoms with van der Waals surface area (Å²) in [5.74, 6) is -1.97. The van der Waals surface area contributed by atoms with Crippen LogP contribution in [0, 0.1) is 18.7 Å². The molecule has 0 spiro atoms. The van der Waals surface area contributed by atoms with Crippen molar-refractivity contribution in [3.8, 4) is 0 Å². The molecule has 2 atom stereocenters. The van der Waals surface area contributed by atoms with Gasteiger partial charge in [0.2, 0.25) is 0 Å². The molecule has 170 valence electrons. The van der Waals surface area contributed by atoms with E-state index in [4.69, 9.17) is 15.2 Å². The molecule has 3 aromatic rings. The van der Waals surface area contributed by atoms with Crippen molar-refractivity contribution in [2.45, 2.75) is 26.1 Å². The highest BCUT2D eigenvalue weighted by atomic mass is 19.1. The minimum atomic E-state index is -0.674. The molecule has 0 unspecified atom stereocenters. The molecule has 0 saturated carbocycles. The third kappa shape index (κ3) is 3.60. The van der Waals surface area contributed by atoms with Gasteiger partial charge in [-0.2, -0.15) is 0 Å². The van der Waals surface area contributed by atoms with Crippen LogP contribution in [0.2, 0.25) is 0 Å². The zero-order chi connectivity index (χ0) is 23.3. The average Bonchev–Trinajstić information content (AvgIpc) is 3.47. The van der Waals surface area contributed by atoms with Crippen LogP contribution in [0.4, 0.5) is 10.2 Å². The molecule has 2 aromatic carbocycles. The Morgan fingerprint density at radius 2 is 1.88 bits per heavy atom. The Balaban J connectivity index is 1.51. The fourth-order valence-electron chi connectivity index (χ4n) is 4.84. The number of carbonyl (C=O) groups is 2. The molecule has 2 N–H and O–H groups in total. The Morgan fingerprint density at radius 3 is 2.61 bits per heavy atom. The second kappa shape index (κ2) is 8.12. The molecule has 1 amide bonds. The van der Waals surface area contributed by atoms with E-state index in [2.05, 4.69) is 4.98 Å². The number of pyridine rings is 1. The summed E-state index contributed by atoms with van der Waals surface area (Å²) in [4.78, 5) is 31.7. The summed E-state index contributed by atoms with van der Waals surface area (Å²) in [6.07, 6.45) is 0. The highest BCUT2D eigenvalue weighted by Gasteiger charge is 2.41. The van der Waals surface area contributed by atoms with Gasteiger partial charge in [0.25, 0.3) is 5.91 Å². The van der Waals surface area contributed by atoms with Crippen LogP contribution in [0.25, 0.3) is 10.9 Å². The van der Waals surface area contributed by atoms with Gasteiger partial charge in [0.05, 0.1) is 37.3 Å². The van der Waals surface area contributed by atoms with Crippen molar-refractivity contribution in [3.63, 3.8) is 0 Å². The third-order valence-corrected chi connectivity index (χ3v) is 6.66. The van der Waals surface area contributed by atoms with Gasteiger partial charge >= 0.3 is 5.97 Å². The molecule has 1 fully saturated rings. The van der Waals surface area contributed by atoms with Gasteiger partial charge in [0, 0.05) is 36.0 Å². The van der Waals surface area contributed by atoms with Gasteiger partial charge in [-0.15, -0.1) is 0 Å². The van der Waals surface area contributed by atoms with E-state index >= 15 is 4.39 Å². The number of nitrogens with two attached hydrogens (primary N) is 1. The van der Waals surface area contributed by atoms with Gasteiger partial charge < -0.3 is 20.1 Å². The number of hydrogen-bond donors (Lipinski definition) is 1. The summed E-state index contributed by atoms with van der Waals surface area (Å²) < 4.78 is 25.5. The van der Waals surface area contributed by atoms with Crippen LogP contribution < -0.4 is 5.73 Å². The number of carbonyl (C=O) groups excluding carboxylic acids is 2. The van der Waals surface area contributed by atoms with Crippen LogP contribution in [-0.2, 0) is 27.5 Å². The van der Waals surface area contributed by atoms with E-state index in [-0.39, 0.29) is 24.0 Å². The van der Waals surface area contributed by atoms with E-state index in [1.165, 1.54) is 24.1 Å². The van der Waals surface area contributed by atoms with Gasteiger partial charge in [-0.05, 0) is 24.1 Å². The SMILES string of the molecule is COC(=O)[C@@H]1CN(C(=O)c2cc3c4c(c(N)nc3cc2F)COC4)C[C@H]1c1ccc(C)cc1. The summed E-state index contributed by atoms with van der Waals surface area (Å²) in [6.45, 7) is 3.11. The number of nitrogens with zero attached hydrogens (tertiary/aromatic N) is 2. The van der Waals surface area contributed by atoms with Crippen LogP contribution in [0.5, 0.6) is 0 Å². The zero-order valence-corrected chi connectivity index (χ0v) is 18.4. The molecule has 0 bridgehead atoms. The van der Waals surface area contributed by atoms with Crippen molar-refractivity contribution >= 4 is 28.6 Å². The first-order chi connectivity index (χ1) is 15.9. The minimum Gasteiger partial charge on any atom is -0.469 e. The summed E-state index contributed by atoms with van der Waals surface area (Å²) in [5, 5.41) is 0.653. The lowest BCUT2D eigenvalue weighted by Crippen LogP contribution is -2.30. The molecule has 2 aliphatic rings. The minimum absolute atomic E-state index is 0.0589. The van der Waals surface area contributed by atoms with Gasteiger partial charge in [-0.3, -0.25) is 9.59 Å². The number of fused-ring (bicyclic) bond motifs is 3. The molecule has 2 aliphatic heterocycles. The summed E-state index contributed by atoms with van der Waals surface area (Å²) in [6, 6.07) is 10.6. The van der Waals surface area contributed by atoms with Crippen molar-refractivity contribution in [2.75, 3.05) is 25.9 Å². The average molecular weight is 449 g/mol. The maximum absolute atomic E-state index is 15.0. The number of halogens is 1. The molecule has 1 aromatic heterocycles. The maximum Gasteiger partial charge on any atom is 0.311 e. The number of aryl methyl sites for hydroxylation is 1. The molecule has 5 rings (SSSR count). The predicted octanol–water partition coefficient (Wildman–Crippen LogP) is 3.32. The van der Waals surface area contributed by atoms with E-state index < -0.39 is 17.6 Å². The highest BCUT2D eigenvalue weighted by Crippen LogP contribution is 2.36. The molecule has 8 heteroatoms. The molecule has 7 nitrogen and oxygen atoms in total. The summed E-state index contributed by atoms with van der Waals surface area (Å²) in [5.41, 5.74) is 9.97. The third-order valence-electron chi connectivity index (χ3n) is 6.66. The van der Waals surface area contributed by atoms with Crippen molar-refractivity contribution in [3.05, 3.63) is 70.0 Å². The van der Waals surface area contributed by atoms with Crippen LogP contribution in [-0.4, -0.2) is 42.0 Å². The van der Waals surface area contributed by atoms with Crippen LogP contribution >= 0.6 is 0 Å². The standard InChI is InChI=1S/C25H24FN3O4/c1-13-3-5-14(6-4-13)17-9-29(10-18(17)25(31)32-2)24(30)16-7-15-19-11-33-12-20(19)23(27)28-22(15)8-21(16)26/h3-8,17-18H,9-12H2,1-2H3,(H2,27,28)/t17-,18+/m0/s1. The number of amides is 1. The topological polar surface area (TPSA) is 94.8 Å². The summed E-state index contributed by atoms with van der Waals surface area (Å²) >= 11 is 0. The van der Waals surface area contributed by atoms with Crippen LogP contribution in [0.3, 0.4) is 0 Å². The normalized spacial score (nSPS) is 19.7. The van der Waals surface area contributed by atoms with Gasteiger partial charge in [-0.25, -0.2) is 9.37 Å². The number of ether oxygens (including phenoxy) is 2. The van der Waals surface area contributed by atoms with E-state index in [0.717, 1.165) is 22.3 Å². The first-order valence-electron chi connectivity index (χ1n) is 10.8.